The standard InChI is InChI=1S/C26H35N3O3S/c1-21-14-18-28(19-15-21)20-22-6-8-23(9-7-22)26(30)27-24-10-12-25(13-11-24)33(31,32)29-16-4-2-3-5-17-29/h6-13,21H,2-5,14-20H2,1H3,(H,27,30). The lowest BCUT2D eigenvalue weighted by molar-refractivity contribution is 0.102. The van der Waals surface area contributed by atoms with E-state index in [1.807, 2.05) is 24.3 Å². The lowest BCUT2D eigenvalue weighted by Gasteiger charge is -2.30. The fraction of sp³-hybridized carbons (Fsp3) is 0.500. The van der Waals surface area contributed by atoms with Gasteiger partial charge >= 0.3 is 0 Å². The molecule has 4 rings (SSSR count). The van der Waals surface area contributed by atoms with Crippen LogP contribution in [0.3, 0.4) is 0 Å². The third-order valence-corrected chi connectivity index (χ3v) is 8.73. The largest absolute Gasteiger partial charge is 0.322 e. The summed E-state index contributed by atoms with van der Waals surface area (Å²) in [7, 11) is -3.49. The van der Waals surface area contributed by atoms with Crippen molar-refractivity contribution in [3.05, 3.63) is 59.7 Å². The quantitative estimate of drug-likeness (QED) is 0.664. The van der Waals surface area contributed by atoms with Gasteiger partial charge in [-0.3, -0.25) is 9.69 Å². The number of nitrogens with zero attached hydrogens (tertiary/aromatic N) is 2. The first kappa shape index (κ1) is 23.9. The van der Waals surface area contributed by atoms with Gasteiger partial charge in [0.05, 0.1) is 4.90 Å². The topological polar surface area (TPSA) is 69.7 Å². The molecule has 33 heavy (non-hydrogen) atoms. The zero-order valence-electron chi connectivity index (χ0n) is 19.5. The monoisotopic (exact) mass is 469 g/mol. The smallest absolute Gasteiger partial charge is 0.255 e. The molecule has 2 aliphatic rings. The SMILES string of the molecule is CC1CCN(Cc2ccc(C(=O)Nc3ccc(S(=O)(=O)N4CCCCCC4)cc3)cc2)CC1. The highest BCUT2D eigenvalue weighted by Gasteiger charge is 2.25. The van der Waals surface area contributed by atoms with Crippen LogP contribution in [0.4, 0.5) is 5.69 Å². The fourth-order valence-corrected chi connectivity index (χ4v) is 6.10. The third kappa shape index (κ3) is 6.22. The number of piperidine rings is 1. The lowest BCUT2D eigenvalue weighted by Crippen LogP contribution is -2.32. The van der Waals surface area contributed by atoms with Crippen LogP contribution < -0.4 is 5.32 Å². The minimum Gasteiger partial charge on any atom is -0.322 e. The summed E-state index contributed by atoms with van der Waals surface area (Å²) in [6.45, 7) is 6.65. The Morgan fingerprint density at radius 2 is 1.48 bits per heavy atom. The van der Waals surface area contributed by atoms with Crippen molar-refractivity contribution in [2.75, 3.05) is 31.5 Å². The van der Waals surface area contributed by atoms with Crippen LogP contribution in [0.5, 0.6) is 0 Å². The fourth-order valence-electron chi connectivity index (χ4n) is 4.58. The first-order chi connectivity index (χ1) is 15.9. The number of hydrogen-bond acceptors (Lipinski definition) is 4. The van der Waals surface area contributed by atoms with E-state index in [0.717, 1.165) is 51.2 Å². The summed E-state index contributed by atoms with van der Waals surface area (Å²) >= 11 is 0. The van der Waals surface area contributed by atoms with Gasteiger partial charge in [-0.1, -0.05) is 31.9 Å². The molecule has 178 valence electrons. The maximum Gasteiger partial charge on any atom is 0.255 e. The predicted molar refractivity (Wildman–Crippen MR) is 132 cm³/mol. The van der Waals surface area contributed by atoms with E-state index in [0.29, 0.717) is 24.3 Å². The number of amides is 1. The maximum absolute atomic E-state index is 12.9. The number of sulfonamides is 1. The molecule has 2 heterocycles. The number of benzene rings is 2. The highest BCUT2D eigenvalue weighted by atomic mass is 32.2. The van der Waals surface area contributed by atoms with Crippen molar-refractivity contribution in [2.45, 2.75) is 56.9 Å². The zero-order valence-corrected chi connectivity index (χ0v) is 20.3. The second kappa shape index (κ2) is 10.8. The van der Waals surface area contributed by atoms with E-state index >= 15 is 0 Å². The van der Waals surface area contributed by atoms with Crippen molar-refractivity contribution in [3.63, 3.8) is 0 Å². The molecule has 0 bridgehead atoms. The number of anilines is 1. The highest BCUT2D eigenvalue weighted by Crippen LogP contribution is 2.22. The molecule has 0 spiro atoms. The molecule has 0 saturated carbocycles. The van der Waals surface area contributed by atoms with Crippen molar-refractivity contribution in [1.82, 2.24) is 9.21 Å². The number of hydrogen-bond donors (Lipinski definition) is 1. The first-order valence-corrected chi connectivity index (χ1v) is 13.6. The van der Waals surface area contributed by atoms with E-state index in [4.69, 9.17) is 0 Å². The van der Waals surface area contributed by atoms with Gasteiger partial charge in [0.25, 0.3) is 5.91 Å². The Bertz CT molecular complexity index is 1020. The van der Waals surface area contributed by atoms with Gasteiger partial charge in [0.1, 0.15) is 0 Å². The van der Waals surface area contributed by atoms with Crippen molar-refractivity contribution >= 4 is 21.6 Å². The summed E-state index contributed by atoms with van der Waals surface area (Å²) in [6.07, 6.45) is 6.47. The minimum atomic E-state index is -3.49. The Hall–Kier alpha value is -2.22. The Morgan fingerprint density at radius 3 is 2.09 bits per heavy atom. The molecular formula is C26H35N3O3S. The average Bonchev–Trinajstić information content (AvgIpc) is 3.12. The number of likely N-dealkylation sites (tertiary alicyclic amines) is 1. The van der Waals surface area contributed by atoms with Gasteiger partial charge in [0.15, 0.2) is 0 Å². The molecule has 2 aromatic rings. The summed E-state index contributed by atoms with van der Waals surface area (Å²) in [5.74, 6) is 0.618. The van der Waals surface area contributed by atoms with Crippen molar-refractivity contribution in [3.8, 4) is 0 Å². The number of carbonyl (C=O) groups is 1. The second-order valence-corrected chi connectivity index (χ2v) is 11.4. The van der Waals surface area contributed by atoms with Crippen LogP contribution in [0.1, 0.15) is 61.4 Å². The van der Waals surface area contributed by atoms with Gasteiger partial charge < -0.3 is 5.32 Å². The van der Waals surface area contributed by atoms with Gasteiger partial charge in [-0.05, 0) is 86.7 Å². The zero-order chi connectivity index (χ0) is 23.3. The molecule has 0 radical (unpaired) electrons. The van der Waals surface area contributed by atoms with E-state index in [1.54, 1.807) is 28.6 Å². The summed E-state index contributed by atoms with van der Waals surface area (Å²) in [4.78, 5) is 15.4. The van der Waals surface area contributed by atoms with Crippen LogP contribution in [0, 0.1) is 5.92 Å². The summed E-state index contributed by atoms with van der Waals surface area (Å²) in [5, 5.41) is 2.87. The van der Waals surface area contributed by atoms with Crippen LogP contribution in [-0.4, -0.2) is 49.7 Å². The van der Waals surface area contributed by atoms with Gasteiger partial charge in [-0.15, -0.1) is 0 Å². The molecule has 2 aliphatic heterocycles. The minimum absolute atomic E-state index is 0.198. The number of carbonyl (C=O) groups excluding carboxylic acids is 1. The normalized spacial score (nSPS) is 19.2. The molecule has 2 saturated heterocycles. The molecule has 2 aromatic carbocycles. The van der Waals surface area contributed by atoms with E-state index < -0.39 is 10.0 Å². The highest BCUT2D eigenvalue weighted by molar-refractivity contribution is 7.89. The summed E-state index contributed by atoms with van der Waals surface area (Å²) in [6, 6.07) is 14.2. The second-order valence-electron chi connectivity index (χ2n) is 9.45. The molecular weight excluding hydrogens is 434 g/mol. The lowest BCUT2D eigenvalue weighted by atomic mass is 9.99. The van der Waals surface area contributed by atoms with Crippen LogP contribution in [0.2, 0.25) is 0 Å². The Balaban J connectivity index is 1.34. The van der Waals surface area contributed by atoms with E-state index in [9.17, 15) is 13.2 Å². The molecule has 0 aromatic heterocycles. The first-order valence-electron chi connectivity index (χ1n) is 12.1. The predicted octanol–water partition coefficient (Wildman–Crippen LogP) is 4.74. The molecule has 6 nitrogen and oxygen atoms in total. The average molecular weight is 470 g/mol. The Labute approximate surface area is 198 Å². The number of nitrogens with one attached hydrogen (secondary N) is 1. The van der Waals surface area contributed by atoms with Crippen LogP contribution in [0.15, 0.2) is 53.4 Å². The molecule has 0 atom stereocenters. The van der Waals surface area contributed by atoms with E-state index in [-0.39, 0.29) is 10.8 Å². The van der Waals surface area contributed by atoms with Gasteiger partial charge in [0, 0.05) is 30.9 Å². The van der Waals surface area contributed by atoms with Crippen LogP contribution >= 0.6 is 0 Å². The Kier molecular flexibility index (Phi) is 7.83. The Morgan fingerprint density at radius 1 is 0.879 bits per heavy atom. The maximum atomic E-state index is 12.9. The summed E-state index contributed by atoms with van der Waals surface area (Å²) in [5.41, 5.74) is 2.39. The van der Waals surface area contributed by atoms with Gasteiger partial charge in [-0.2, -0.15) is 4.31 Å². The van der Waals surface area contributed by atoms with Crippen molar-refractivity contribution < 1.29 is 13.2 Å². The number of rotatable bonds is 6. The van der Waals surface area contributed by atoms with Crippen LogP contribution in [-0.2, 0) is 16.6 Å². The molecule has 1 N–H and O–H groups in total. The molecule has 7 heteroatoms. The van der Waals surface area contributed by atoms with Crippen LogP contribution in [0.25, 0.3) is 0 Å². The van der Waals surface area contributed by atoms with Crippen molar-refractivity contribution in [2.24, 2.45) is 5.92 Å². The molecule has 1 amide bonds. The molecule has 0 aliphatic carbocycles. The van der Waals surface area contributed by atoms with Gasteiger partial charge in [0.2, 0.25) is 10.0 Å². The van der Waals surface area contributed by atoms with Crippen molar-refractivity contribution in [1.29, 1.82) is 0 Å². The molecule has 0 unspecified atom stereocenters. The third-order valence-electron chi connectivity index (χ3n) is 6.81. The van der Waals surface area contributed by atoms with E-state index in [2.05, 4.69) is 17.1 Å². The summed E-state index contributed by atoms with van der Waals surface area (Å²) < 4.78 is 27.4. The van der Waals surface area contributed by atoms with E-state index in [1.165, 1.54) is 18.4 Å². The molecule has 2 fully saturated rings. The van der Waals surface area contributed by atoms with Gasteiger partial charge in [-0.25, -0.2) is 8.42 Å².